The highest BCUT2D eigenvalue weighted by atomic mass is 15.4. The summed E-state index contributed by atoms with van der Waals surface area (Å²) in [5.74, 6) is 2.03. The van der Waals surface area contributed by atoms with E-state index in [9.17, 15) is 0 Å². The fraction of sp³-hybridized carbons (Fsp3) is 0.294. The fourth-order valence-corrected chi connectivity index (χ4v) is 2.96. The number of benzene rings is 1. The lowest BCUT2D eigenvalue weighted by atomic mass is 10.3. The molecule has 6 nitrogen and oxygen atoms in total. The first-order chi connectivity index (χ1) is 11.3. The van der Waals surface area contributed by atoms with E-state index < -0.39 is 0 Å². The van der Waals surface area contributed by atoms with Crippen molar-refractivity contribution >= 4 is 23.0 Å². The van der Waals surface area contributed by atoms with Crippen LogP contribution >= 0.6 is 0 Å². The molecule has 1 fully saturated rings. The second kappa shape index (κ2) is 5.89. The monoisotopic (exact) mass is 308 g/mol. The molecule has 0 unspecified atom stereocenters. The van der Waals surface area contributed by atoms with Gasteiger partial charge in [-0.05, 0) is 12.1 Å². The van der Waals surface area contributed by atoms with Gasteiger partial charge in [0.15, 0.2) is 5.65 Å². The van der Waals surface area contributed by atoms with Crippen LogP contribution in [0.3, 0.4) is 0 Å². The van der Waals surface area contributed by atoms with E-state index in [4.69, 9.17) is 4.98 Å². The van der Waals surface area contributed by atoms with Crippen LogP contribution in [-0.4, -0.2) is 47.8 Å². The molecule has 0 radical (unpaired) electrons. The van der Waals surface area contributed by atoms with Crippen LogP contribution in [0.1, 0.15) is 0 Å². The Kier molecular flexibility index (Phi) is 3.59. The minimum atomic E-state index is 0.874. The van der Waals surface area contributed by atoms with Crippen molar-refractivity contribution in [3.05, 3.63) is 48.7 Å². The van der Waals surface area contributed by atoms with E-state index in [1.807, 2.05) is 28.8 Å². The van der Waals surface area contributed by atoms with Crippen LogP contribution in [0, 0.1) is 0 Å². The molecule has 0 spiro atoms. The van der Waals surface area contributed by atoms with Gasteiger partial charge in [0.1, 0.15) is 11.6 Å². The number of rotatable bonds is 3. The molecule has 0 amide bonds. The van der Waals surface area contributed by atoms with Crippen LogP contribution in [0.5, 0.6) is 0 Å². The molecule has 1 aliphatic rings. The van der Waals surface area contributed by atoms with Crippen molar-refractivity contribution in [2.75, 3.05) is 43.0 Å². The summed E-state index contributed by atoms with van der Waals surface area (Å²) >= 11 is 0. The quantitative estimate of drug-likeness (QED) is 0.801. The molecule has 6 heteroatoms. The molecule has 0 bridgehead atoms. The summed E-state index contributed by atoms with van der Waals surface area (Å²) in [7, 11) is 2.06. The molecular formula is C17H20N6. The number of nitrogens with one attached hydrogen (secondary N) is 1. The average molecular weight is 308 g/mol. The third-order valence-electron chi connectivity index (χ3n) is 4.26. The van der Waals surface area contributed by atoms with E-state index in [2.05, 4.69) is 45.5 Å². The first-order valence-corrected chi connectivity index (χ1v) is 7.92. The van der Waals surface area contributed by atoms with Crippen molar-refractivity contribution in [2.24, 2.45) is 0 Å². The van der Waals surface area contributed by atoms with Crippen molar-refractivity contribution in [1.82, 2.24) is 19.9 Å². The second-order valence-corrected chi connectivity index (χ2v) is 5.71. The van der Waals surface area contributed by atoms with Crippen molar-refractivity contribution in [3.8, 4) is 0 Å². The first-order valence-electron chi connectivity index (χ1n) is 7.92. The maximum absolute atomic E-state index is 4.77. The summed E-state index contributed by atoms with van der Waals surface area (Å²) in [6.07, 6.45) is 1.80. The number of fused-ring (bicyclic) bond motifs is 1. The van der Waals surface area contributed by atoms with Crippen molar-refractivity contribution in [3.63, 3.8) is 0 Å². The normalized spacial score (nSPS) is 15.1. The van der Waals surface area contributed by atoms with Crippen molar-refractivity contribution in [1.29, 1.82) is 0 Å². The third-order valence-corrected chi connectivity index (χ3v) is 4.26. The van der Waals surface area contributed by atoms with Gasteiger partial charge in [-0.15, -0.1) is 0 Å². The van der Waals surface area contributed by atoms with Crippen LogP contribution in [-0.2, 0) is 0 Å². The number of nitrogens with zero attached hydrogens (tertiary/aromatic N) is 5. The van der Waals surface area contributed by atoms with Crippen molar-refractivity contribution in [2.45, 2.75) is 0 Å². The lowest BCUT2D eigenvalue weighted by Gasteiger charge is -2.29. The highest BCUT2D eigenvalue weighted by Gasteiger charge is 2.17. The molecule has 1 saturated heterocycles. The molecule has 0 saturated carbocycles. The summed E-state index contributed by atoms with van der Waals surface area (Å²) in [4.78, 5) is 9.24. The minimum absolute atomic E-state index is 0.874. The highest BCUT2D eigenvalue weighted by molar-refractivity contribution is 5.66. The average Bonchev–Trinajstić information content (AvgIpc) is 3.10. The SMILES string of the molecule is CN(c1ccccc1)c1cc(N2CCNCC2)nc2ccnn12. The second-order valence-electron chi connectivity index (χ2n) is 5.71. The molecular weight excluding hydrogens is 288 g/mol. The summed E-state index contributed by atoms with van der Waals surface area (Å²) in [6.45, 7) is 3.95. The van der Waals surface area contributed by atoms with Gasteiger partial charge in [-0.3, -0.25) is 0 Å². The Hall–Kier alpha value is -2.60. The van der Waals surface area contributed by atoms with Crippen LogP contribution < -0.4 is 15.1 Å². The molecule has 118 valence electrons. The van der Waals surface area contributed by atoms with Crippen LogP contribution in [0.2, 0.25) is 0 Å². The van der Waals surface area contributed by atoms with Gasteiger partial charge in [-0.25, -0.2) is 4.98 Å². The lowest BCUT2D eigenvalue weighted by molar-refractivity contribution is 0.585. The molecule has 0 atom stereocenters. The molecule has 1 aromatic carbocycles. The highest BCUT2D eigenvalue weighted by Crippen LogP contribution is 2.27. The van der Waals surface area contributed by atoms with Crippen LogP contribution in [0.15, 0.2) is 48.7 Å². The maximum Gasteiger partial charge on any atom is 0.159 e. The summed E-state index contributed by atoms with van der Waals surface area (Å²) in [5, 5.41) is 7.82. The third kappa shape index (κ3) is 2.61. The van der Waals surface area contributed by atoms with E-state index in [1.54, 1.807) is 6.20 Å². The van der Waals surface area contributed by atoms with Gasteiger partial charge in [0.05, 0.1) is 6.20 Å². The van der Waals surface area contributed by atoms with Gasteiger partial charge in [0.25, 0.3) is 0 Å². The standard InChI is InChI=1S/C17H20N6/c1-21(14-5-3-2-4-6-14)17-13-16(22-11-9-18-10-12-22)20-15-7-8-19-23(15)17/h2-8,13,18H,9-12H2,1H3. The molecule has 4 rings (SSSR count). The Morgan fingerprint density at radius 2 is 1.87 bits per heavy atom. The smallest absolute Gasteiger partial charge is 0.159 e. The number of para-hydroxylation sites is 1. The van der Waals surface area contributed by atoms with E-state index in [-0.39, 0.29) is 0 Å². The maximum atomic E-state index is 4.77. The van der Waals surface area contributed by atoms with Gasteiger partial charge < -0.3 is 15.1 Å². The zero-order valence-corrected chi connectivity index (χ0v) is 13.2. The Morgan fingerprint density at radius 3 is 2.65 bits per heavy atom. The van der Waals surface area contributed by atoms with Crippen LogP contribution in [0.4, 0.5) is 17.3 Å². The number of hydrogen-bond donors (Lipinski definition) is 1. The molecule has 2 aromatic heterocycles. The van der Waals surface area contributed by atoms with Crippen LogP contribution in [0.25, 0.3) is 5.65 Å². The molecule has 3 heterocycles. The molecule has 3 aromatic rings. The Bertz CT molecular complexity index is 791. The van der Waals surface area contributed by atoms with Gasteiger partial charge in [0.2, 0.25) is 0 Å². The van der Waals surface area contributed by atoms with E-state index in [0.29, 0.717) is 0 Å². The number of piperazine rings is 1. The predicted octanol–water partition coefficient (Wildman–Crippen LogP) is 1.91. The molecule has 1 aliphatic heterocycles. The van der Waals surface area contributed by atoms with E-state index in [0.717, 1.165) is 49.1 Å². The Balaban J connectivity index is 1.79. The van der Waals surface area contributed by atoms with E-state index >= 15 is 0 Å². The Labute approximate surface area is 135 Å². The largest absolute Gasteiger partial charge is 0.354 e. The van der Waals surface area contributed by atoms with Crippen molar-refractivity contribution < 1.29 is 0 Å². The number of hydrogen-bond acceptors (Lipinski definition) is 5. The van der Waals surface area contributed by atoms with Gasteiger partial charge in [-0.1, -0.05) is 18.2 Å². The zero-order chi connectivity index (χ0) is 15.6. The minimum Gasteiger partial charge on any atom is -0.354 e. The van der Waals surface area contributed by atoms with Gasteiger partial charge in [-0.2, -0.15) is 9.61 Å². The number of aromatic nitrogens is 3. The molecule has 0 aliphatic carbocycles. The lowest BCUT2D eigenvalue weighted by Crippen LogP contribution is -2.44. The molecule has 1 N–H and O–H groups in total. The van der Waals surface area contributed by atoms with E-state index in [1.165, 1.54) is 0 Å². The van der Waals surface area contributed by atoms with Gasteiger partial charge >= 0.3 is 0 Å². The molecule has 23 heavy (non-hydrogen) atoms. The predicted molar refractivity (Wildman–Crippen MR) is 92.6 cm³/mol. The van der Waals surface area contributed by atoms with Gasteiger partial charge in [0, 0.05) is 51.0 Å². The zero-order valence-electron chi connectivity index (χ0n) is 13.2. The summed E-state index contributed by atoms with van der Waals surface area (Å²) in [6, 6.07) is 14.4. The Morgan fingerprint density at radius 1 is 1.09 bits per heavy atom. The first kappa shape index (κ1) is 14.0. The fourth-order valence-electron chi connectivity index (χ4n) is 2.96. The number of anilines is 3. The summed E-state index contributed by atoms with van der Waals surface area (Å²) < 4.78 is 1.89. The topological polar surface area (TPSA) is 48.7 Å². The summed E-state index contributed by atoms with van der Waals surface area (Å²) in [5.41, 5.74) is 2.00.